The van der Waals surface area contributed by atoms with Gasteiger partial charge in [-0.05, 0) is 42.3 Å². The molecule has 0 spiro atoms. The van der Waals surface area contributed by atoms with Gasteiger partial charge in [-0.1, -0.05) is 36.4 Å². The number of carbonyl (C=O) groups excluding carboxylic acids is 1. The van der Waals surface area contributed by atoms with Crippen LogP contribution in [0.15, 0.2) is 83.8 Å². The van der Waals surface area contributed by atoms with Crippen molar-refractivity contribution in [3.63, 3.8) is 0 Å². The lowest BCUT2D eigenvalue weighted by Crippen LogP contribution is -2.22. The number of ketones is 1. The van der Waals surface area contributed by atoms with Gasteiger partial charge in [-0.15, -0.1) is 0 Å². The summed E-state index contributed by atoms with van der Waals surface area (Å²) in [7, 11) is 1.58. The van der Waals surface area contributed by atoms with Crippen molar-refractivity contribution < 1.29 is 18.7 Å². The molecule has 3 heterocycles. The van der Waals surface area contributed by atoms with Gasteiger partial charge in [0, 0.05) is 42.7 Å². The van der Waals surface area contributed by atoms with Crippen LogP contribution in [0.25, 0.3) is 22.2 Å². The lowest BCUT2D eigenvalue weighted by molar-refractivity contribution is 0.0992. The van der Waals surface area contributed by atoms with Gasteiger partial charge in [0.1, 0.15) is 17.1 Å². The van der Waals surface area contributed by atoms with Gasteiger partial charge in [0.15, 0.2) is 17.3 Å². The number of nitrogens with zero attached hydrogens (tertiary/aromatic N) is 3. The fraction of sp³-hybridized carbons (Fsp3) is 0.167. The zero-order valence-corrected chi connectivity index (χ0v) is 20.7. The van der Waals surface area contributed by atoms with Crippen molar-refractivity contribution >= 4 is 16.7 Å². The number of rotatable bonds is 7. The van der Waals surface area contributed by atoms with Crippen LogP contribution in [0.1, 0.15) is 22.3 Å². The molecule has 6 rings (SSSR count). The molecule has 2 aromatic heterocycles. The Kier molecular flexibility index (Phi) is 5.99. The quantitative estimate of drug-likeness (QED) is 0.266. The van der Waals surface area contributed by atoms with Crippen LogP contribution >= 0.6 is 0 Å². The van der Waals surface area contributed by atoms with Gasteiger partial charge in [-0.2, -0.15) is 0 Å². The second-order valence-corrected chi connectivity index (χ2v) is 9.15. The van der Waals surface area contributed by atoms with E-state index in [4.69, 9.17) is 9.47 Å². The third kappa shape index (κ3) is 4.14. The topological polar surface area (TPSA) is 75.3 Å². The predicted molar refractivity (Wildman–Crippen MR) is 142 cm³/mol. The van der Waals surface area contributed by atoms with Crippen molar-refractivity contribution in [3.8, 4) is 28.5 Å². The van der Waals surface area contributed by atoms with E-state index >= 15 is 4.39 Å². The number of methoxy groups -OCH3 is 1. The largest absolute Gasteiger partial charge is 0.497 e. The second-order valence-electron chi connectivity index (χ2n) is 9.15. The van der Waals surface area contributed by atoms with E-state index in [1.165, 1.54) is 12.1 Å². The maximum atomic E-state index is 15.1. The molecule has 0 amide bonds. The highest BCUT2D eigenvalue weighted by atomic mass is 19.1. The first kappa shape index (κ1) is 23.7. The molecule has 0 radical (unpaired) electrons. The van der Waals surface area contributed by atoms with E-state index in [0.29, 0.717) is 46.7 Å². The first-order valence-corrected chi connectivity index (χ1v) is 12.3. The van der Waals surface area contributed by atoms with E-state index < -0.39 is 5.82 Å². The summed E-state index contributed by atoms with van der Waals surface area (Å²) in [5.74, 6) is 0.186. The van der Waals surface area contributed by atoms with Crippen molar-refractivity contribution in [2.24, 2.45) is 0 Å². The number of carbonyl (C=O) groups is 1. The molecule has 0 unspecified atom stereocenters. The van der Waals surface area contributed by atoms with Crippen LogP contribution in [0.3, 0.4) is 0 Å². The fourth-order valence-corrected chi connectivity index (χ4v) is 5.00. The molecule has 0 saturated heterocycles. The average Bonchev–Trinajstić information content (AvgIpc) is 3.52. The minimum Gasteiger partial charge on any atom is -0.497 e. The highest BCUT2D eigenvalue weighted by molar-refractivity contribution is 6.02. The highest BCUT2D eigenvalue weighted by Crippen LogP contribution is 2.33. The summed E-state index contributed by atoms with van der Waals surface area (Å²) >= 11 is 0. The molecular formula is C30H24FN3O4. The molecule has 38 heavy (non-hydrogen) atoms. The number of fused-ring (bicyclic) bond motifs is 2. The van der Waals surface area contributed by atoms with E-state index in [-0.39, 0.29) is 29.1 Å². The average molecular weight is 510 g/mol. The number of halogens is 1. The van der Waals surface area contributed by atoms with Crippen molar-refractivity contribution in [3.05, 3.63) is 106 Å². The van der Waals surface area contributed by atoms with Crippen LogP contribution in [-0.4, -0.2) is 27.2 Å². The standard InChI is InChI=1S/C30H24FN3O4/c1-37-21-9-10-22-24(18-21)32-13-12-26(22)38-27-11-8-19(16-23(27)31)17-25(35)28-29(20-6-3-2-4-7-20)33-14-5-15-34(33)30(28)36/h2-4,6-13,16,18H,5,14-15,17H2,1H3. The number of aromatic nitrogens is 3. The van der Waals surface area contributed by atoms with Crippen LogP contribution in [0, 0.1) is 5.82 Å². The summed E-state index contributed by atoms with van der Waals surface area (Å²) in [6, 6.07) is 20.9. The molecule has 0 atom stereocenters. The Bertz CT molecular complexity index is 1740. The maximum Gasteiger partial charge on any atom is 0.278 e. The summed E-state index contributed by atoms with van der Waals surface area (Å²) < 4.78 is 29.8. The molecule has 5 aromatic rings. The zero-order valence-electron chi connectivity index (χ0n) is 20.7. The Hall–Kier alpha value is -4.72. The van der Waals surface area contributed by atoms with Crippen LogP contribution in [0.4, 0.5) is 4.39 Å². The van der Waals surface area contributed by atoms with Crippen molar-refractivity contribution in [2.45, 2.75) is 25.9 Å². The maximum absolute atomic E-state index is 15.1. The Labute approximate surface area is 217 Å². The van der Waals surface area contributed by atoms with Crippen LogP contribution in [-0.2, 0) is 19.5 Å². The van der Waals surface area contributed by atoms with E-state index in [2.05, 4.69) is 4.98 Å². The van der Waals surface area contributed by atoms with Crippen molar-refractivity contribution in [1.82, 2.24) is 14.3 Å². The van der Waals surface area contributed by atoms with Gasteiger partial charge < -0.3 is 9.47 Å². The molecule has 3 aromatic carbocycles. The molecule has 0 fully saturated rings. The van der Waals surface area contributed by atoms with E-state index in [1.807, 2.05) is 35.0 Å². The third-order valence-corrected chi connectivity index (χ3v) is 6.79. The Morgan fingerprint density at radius 2 is 1.79 bits per heavy atom. The van der Waals surface area contributed by atoms with E-state index in [9.17, 15) is 9.59 Å². The molecule has 0 bridgehead atoms. The van der Waals surface area contributed by atoms with Gasteiger partial charge in [0.2, 0.25) is 0 Å². The number of pyridine rings is 1. The number of ether oxygens (including phenoxy) is 2. The second kappa shape index (κ2) is 9.63. The molecule has 1 aliphatic heterocycles. The van der Waals surface area contributed by atoms with Crippen molar-refractivity contribution in [1.29, 1.82) is 0 Å². The summed E-state index contributed by atoms with van der Waals surface area (Å²) in [6.07, 6.45) is 2.32. The van der Waals surface area contributed by atoms with Gasteiger partial charge >= 0.3 is 0 Å². The van der Waals surface area contributed by atoms with Gasteiger partial charge in [0.25, 0.3) is 5.56 Å². The van der Waals surface area contributed by atoms with Crippen LogP contribution in [0.2, 0.25) is 0 Å². The minimum absolute atomic E-state index is 0.0254. The molecule has 1 aliphatic rings. The smallest absolute Gasteiger partial charge is 0.278 e. The van der Waals surface area contributed by atoms with Gasteiger partial charge in [-0.25, -0.2) is 9.07 Å². The fourth-order valence-electron chi connectivity index (χ4n) is 5.00. The normalized spacial score (nSPS) is 12.5. The summed E-state index contributed by atoms with van der Waals surface area (Å²) in [5, 5.41) is 0.711. The number of benzene rings is 3. The minimum atomic E-state index is -0.604. The molecule has 8 heteroatoms. The predicted octanol–water partition coefficient (Wildman–Crippen LogP) is 5.63. The lowest BCUT2D eigenvalue weighted by Gasteiger charge is -2.11. The van der Waals surface area contributed by atoms with Crippen LogP contribution in [0.5, 0.6) is 17.2 Å². The summed E-state index contributed by atoms with van der Waals surface area (Å²) in [4.78, 5) is 30.9. The van der Waals surface area contributed by atoms with E-state index in [0.717, 1.165) is 12.0 Å². The number of hydrogen-bond donors (Lipinski definition) is 0. The van der Waals surface area contributed by atoms with Gasteiger partial charge in [0.05, 0.1) is 18.3 Å². The van der Waals surface area contributed by atoms with Gasteiger partial charge in [-0.3, -0.25) is 19.3 Å². The Morgan fingerprint density at radius 1 is 0.974 bits per heavy atom. The first-order valence-electron chi connectivity index (χ1n) is 12.3. The Balaban J connectivity index is 1.28. The van der Waals surface area contributed by atoms with E-state index in [1.54, 1.807) is 48.3 Å². The molecular weight excluding hydrogens is 485 g/mol. The molecule has 0 aliphatic carbocycles. The van der Waals surface area contributed by atoms with Crippen LogP contribution < -0.4 is 15.0 Å². The molecule has 0 N–H and O–H groups in total. The lowest BCUT2D eigenvalue weighted by atomic mass is 9.99. The first-order chi connectivity index (χ1) is 18.5. The highest BCUT2D eigenvalue weighted by Gasteiger charge is 2.28. The molecule has 190 valence electrons. The Morgan fingerprint density at radius 3 is 2.58 bits per heavy atom. The van der Waals surface area contributed by atoms with Crippen molar-refractivity contribution in [2.75, 3.05) is 7.11 Å². The number of Topliss-reactive ketones (excluding diaryl/α,β-unsaturated/α-hetero) is 1. The summed E-state index contributed by atoms with van der Waals surface area (Å²) in [5.41, 5.74) is 2.40. The summed E-state index contributed by atoms with van der Waals surface area (Å²) in [6.45, 7) is 1.24. The third-order valence-electron chi connectivity index (χ3n) is 6.79. The molecule has 7 nitrogen and oxygen atoms in total. The zero-order chi connectivity index (χ0) is 26.2. The monoisotopic (exact) mass is 509 g/mol. The number of hydrogen-bond acceptors (Lipinski definition) is 5. The molecule has 0 saturated carbocycles. The SMILES string of the molecule is COc1ccc2c(Oc3ccc(CC(=O)c4c(-c5ccccc5)n5n(c4=O)CCC5)cc3F)ccnc2c1.